The number of hydrogen-bond acceptors (Lipinski definition) is 12. The number of imidazole rings is 1. The second kappa shape index (κ2) is 9.71. The van der Waals surface area contributed by atoms with E-state index in [1.54, 1.807) is 6.92 Å². The van der Waals surface area contributed by atoms with Crippen molar-refractivity contribution < 1.29 is 61.0 Å². The van der Waals surface area contributed by atoms with Crippen LogP contribution in [0.5, 0.6) is 0 Å². The van der Waals surface area contributed by atoms with E-state index >= 15 is 0 Å². The summed E-state index contributed by atoms with van der Waals surface area (Å²) in [5, 5.41) is 10.2. The summed E-state index contributed by atoms with van der Waals surface area (Å²) >= 11 is 0. The fraction of sp³-hybridized carbons (Fsp3) is 0.583. The predicted molar refractivity (Wildman–Crippen MR) is 103 cm³/mol. The van der Waals surface area contributed by atoms with Gasteiger partial charge in [-0.25, -0.2) is 23.7 Å². The highest BCUT2D eigenvalue weighted by atomic mass is 31.3. The maximum absolute atomic E-state index is 12.0. The number of phosphoric acid groups is 3. The fourth-order valence-electron chi connectivity index (χ4n) is 2.87. The molecule has 3 unspecified atom stereocenters. The Balaban J connectivity index is 1.62. The number of aryl methyl sites for hydroxylation is 1. The van der Waals surface area contributed by atoms with E-state index in [4.69, 9.17) is 24.2 Å². The predicted octanol–water partition coefficient (Wildman–Crippen LogP) is -0.954. The van der Waals surface area contributed by atoms with Gasteiger partial charge < -0.3 is 39.1 Å². The molecular weight excluding hydrogens is 517 g/mol. The molecule has 1 aliphatic rings. The highest BCUT2D eigenvalue weighted by molar-refractivity contribution is 7.66. The first-order chi connectivity index (χ1) is 15.2. The Morgan fingerprint density at radius 1 is 1.18 bits per heavy atom. The van der Waals surface area contributed by atoms with Crippen LogP contribution in [0.15, 0.2) is 11.1 Å². The number of nitrogens with one attached hydrogen (secondary N) is 1. The number of fused-ring (bicyclic) bond motifs is 1. The number of aliphatic hydroxyl groups is 1. The Hall–Kier alpha value is -1.36. The second-order valence-corrected chi connectivity index (χ2v) is 10.9. The first-order valence-electron chi connectivity index (χ1n) is 8.80. The van der Waals surface area contributed by atoms with Crippen molar-refractivity contribution in [3.05, 3.63) is 22.5 Å². The molecule has 1 aliphatic heterocycles. The third-order valence-corrected chi connectivity index (χ3v) is 7.82. The molecular formula is C12H19N4O14P3. The van der Waals surface area contributed by atoms with Gasteiger partial charge in [-0.3, -0.25) is 13.9 Å². The quantitative estimate of drug-likeness (QED) is 0.158. The molecule has 2 aromatic heterocycles. The number of aromatic amines is 1. The van der Waals surface area contributed by atoms with Crippen LogP contribution < -0.4 is 5.56 Å². The lowest BCUT2D eigenvalue weighted by Gasteiger charge is -2.22. The minimum Gasteiger partial charge on any atom is -0.388 e. The van der Waals surface area contributed by atoms with Crippen molar-refractivity contribution in [1.29, 1.82) is 0 Å². The van der Waals surface area contributed by atoms with E-state index < -0.39 is 60.7 Å². The van der Waals surface area contributed by atoms with Gasteiger partial charge in [0, 0.05) is 0 Å². The van der Waals surface area contributed by atoms with Crippen molar-refractivity contribution in [3.63, 3.8) is 0 Å². The SMILES string of the molecule is Cc1nc2c(ncn2[C@@H]2OCC(O)[C@@H]2OCCOP(=O)(O)OP(=O)(O)OP(=O)(O)O)c(=O)[nH]1. The first-order valence-corrected chi connectivity index (χ1v) is 13.3. The van der Waals surface area contributed by atoms with Crippen molar-refractivity contribution in [2.75, 3.05) is 19.8 Å². The number of phosphoric ester groups is 1. The Morgan fingerprint density at radius 2 is 1.88 bits per heavy atom. The lowest BCUT2D eigenvalue weighted by Crippen LogP contribution is -2.32. The smallest absolute Gasteiger partial charge is 0.388 e. The van der Waals surface area contributed by atoms with Gasteiger partial charge in [-0.05, 0) is 6.92 Å². The zero-order chi connectivity index (χ0) is 24.6. The van der Waals surface area contributed by atoms with Gasteiger partial charge in [-0.15, -0.1) is 0 Å². The minimum absolute atomic E-state index is 0.0250. The number of rotatable bonds is 10. The molecule has 186 valence electrons. The summed E-state index contributed by atoms with van der Waals surface area (Å²) in [4.78, 5) is 58.1. The number of H-pyrrole nitrogens is 1. The molecule has 5 atom stereocenters. The molecule has 0 spiro atoms. The normalized spacial score (nSPS) is 25.2. The summed E-state index contributed by atoms with van der Waals surface area (Å²) in [7, 11) is -16.4. The lowest BCUT2D eigenvalue weighted by atomic mass is 10.2. The van der Waals surface area contributed by atoms with Gasteiger partial charge in [-0.2, -0.15) is 8.62 Å². The first kappa shape index (κ1) is 26.2. The van der Waals surface area contributed by atoms with Crippen LogP contribution in [-0.2, 0) is 36.3 Å². The van der Waals surface area contributed by atoms with E-state index in [9.17, 15) is 28.5 Å². The van der Waals surface area contributed by atoms with Crippen LogP contribution >= 0.6 is 23.5 Å². The molecule has 33 heavy (non-hydrogen) atoms. The van der Waals surface area contributed by atoms with Crippen LogP contribution in [-0.4, -0.2) is 76.2 Å². The summed E-state index contributed by atoms with van der Waals surface area (Å²) in [5.74, 6) is 0.307. The Bertz CT molecular complexity index is 1210. The number of aromatic nitrogens is 4. The average molecular weight is 536 g/mol. The van der Waals surface area contributed by atoms with E-state index in [0.29, 0.717) is 5.82 Å². The molecule has 0 saturated carbocycles. The van der Waals surface area contributed by atoms with Crippen LogP contribution in [0.1, 0.15) is 12.1 Å². The molecule has 3 heterocycles. The summed E-state index contributed by atoms with van der Waals surface area (Å²) in [6.45, 7) is 0.206. The maximum Gasteiger partial charge on any atom is 0.490 e. The van der Waals surface area contributed by atoms with Crippen LogP contribution in [0.4, 0.5) is 0 Å². The third-order valence-electron chi connectivity index (χ3n) is 3.99. The third kappa shape index (κ3) is 6.83. The lowest BCUT2D eigenvalue weighted by molar-refractivity contribution is -0.0706. The zero-order valence-electron chi connectivity index (χ0n) is 16.5. The number of hydrogen-bond donors (Lipinski definition) is 6. The van der Waals surface area contributed by atoms with Gasteiger partial charge in [0.15, 0.2) is 17.4 Å². The minimum atomic E-state index is -5.64. The monoisotopic (exact) mass is 536 g/mol. The molecule has 3 rings (SSSR count). The zero-order valence-corrected chi connectivity index (χ0v) is 19.2. The van der Waals surface area contributed by atoms with Gasteiger partial charge in [0.2, 0.25) is 0 Å². The van der Waals surface area contributed by atoms with Crippen molar-refractivity contribution in [2.45, 2.75) is 25.4 Å². The van der Waals surface area contributed by atoms with Crippen molar-refractivity contribution in [2.24, 2.45) is 0 Å². The van der Waals surface area contributed by atoms with Gasteiger partial charge in [0.05, 0.1) is 26.1 Å². The molecule has 0 amide bonds. The van der Waals surface area contributed by atoms with Crippen LogP contribution in [0, 0.1) is 6.92 Å². The van der Waals surface area contributed by atoms with Crippen LogP contribution in [0.2, 0.25) is 0 Å². The molecule has 18 nitrogen and oxygen atoms in total. The Kier molecular flexibility index (Phi) is 7.73. The van der Waals surface area contributed by atoms with Crippen molar-refractivity contribution in [3.8, 4) is 0 Å². The maximum atomic E-state index is 12.0. The number of aliphatic hydroxyl groups excluding tert-OH is 1. The molecule has 0 bridgehead atoms. The van der Waals surface area contributed by atoms with Gasteiger partial charge in [0.1, 0.15) is 18.0 Å². The van der Waals surface area contributed by atoms with Gasteiger partial charge >= 0.3 is 23.5 Å². The Morgan fingerprint density at radius 3 is 2.55 bits per heavy atom. The highest BCUT2D eigenvalue weighted by Crippen LogP contribution is 2.66. The van der Waals surface area contributed by atoms with E-state index in [1.165, 1.54) is 10.9 Å². The van der Waals surface area contributed by atoms with Crippen molar-refractivity contribution in [1.82, 2.24) is 19.5 Å². The highest BCUT2D eigenvalue weighted by Gasteiger charge is 2.42. The van der Waals surface area contributed by atoms with Crippen LogP contribution in [0.25, 0.3) is 11.2 Å². The van der Waals surface area contributed by atoms with Gasteiger partial charge in [-0.1, -0.05) is 0 Å². The van der Waals surface area contributed by atoms with Crippen molar-refractivity contribution >= 4 is 34.6 Å². The molecule has 1 fully saturated rings. The molecule has 6 N–H and O–H groups in total. The number of nitrogens with zero attached hydrogens (tertiary/aromatic N) is 3. The molecule has 0 aromatic carbocycles. The van der Waals surface area contributed by atoms with Crippen LogP contribution in [0.3, 0.4) is 0 Å². The summed E-state index contributed by atoms with van der Waals surface area (Å²) in [6.07, 6.45) is -1.93. The van der Waals surface area contributed by atoms with E-state index in [2.05, 4.69) is 28.1 Å². The van der Waals surface area contributed by atoms with Gasteiger partial charge in [0.25, 0.3) is 5.56 Å². The average Bonchev–Trinajstić information content (AvgIpc) is 3.19. The van der Waals surface area contributed by atoms with E-state index in [0.717, 1.165) is 0 Å². The number of ether oxygens (including phenoxy) is 2. The molecule has 0 aliphatic carbocycles. The summed E-state index contributed by atoms with van der Waals surface area (Å²) in [5.41, 5.74) is -0.294. The largest absolute Gasteiger partial charge is 0.490 e. The fourth-order valence-corrected chi connectivity index (χ4v) is 5.87. The topological polar surface area (TPSA) is 262 Å². The molecule has 2 aromatic rings. The Labute approximate surface area is 183 Å². The molecule has 1 saturated heterocycles. The standard InChI is InChI=1S/C12H19N4O14P3/c1-6-14-10-8(11(18)15-6)13-5-16(10)12-9(7(17)4-27-12)26-2-3-28-32(22,23)30-33(24,25)29-31(19,20)21/h5,7,9,12,17H,2-4H2,1H3,(H,22,23)(H,24,25)(H,14,15,18)(H2,19,20,21)/t7?,9-,12+/m0/s1. The molecule has 21 heteroatoms. The summed E-state index contributed by atoms with van der Waals surface area (Å²) < 4.78 is 57.4. The summed E-state index contributed by atoms with van der Waals surface area (Å²) in [6, 6.07) is 0. The van der Waals surface area contributed by atoms with E-state index in [-0.39, 0.29) is 17.8 Å². The van der Waals surface area contributed by atoms with E-state index in [1.807, 2.05) is 0 Å². The molecule has 0 radical (unpaired) electrons. The second-order valence-electron chi connectivity index (χ2n) is 6.53.